The van der Waals surface area contributed by atoms with Crippen molar-refractivity contribution < 1.29 is 24.3 Å². The average Bonchev–Trinajstić information content (AvgIpc) is 2.57. The number of rotatable bonds is 6. The van der Waals surface area contributed by atoms with Crippen molar-refractivity contribution in [3.05, 3.63) is 24.3 Å². The molecule has 0 fully saturated rings. The number of ether oxygens (including phenoxy) is 1. The maximum Gasteiger partial charge on any atom is 0.360 e. The maximum atomic E-state index is 5.36. The Bertz CT molecular complexity index is 702. The normalized spacial score (nSPS) is 12.0. The van der Waals surface area contributed by atoms with Crippen molar-refractivity contribution in [1.82, 2.24) is 15.0 Å². The molecule has 0 saturated carbocycles. The van der Waals surface area contributed by atoms with Crippen molar-refractivity contribution in [3.63, 3.8) is 0 Å². The summed E-state index contributed by atoms with van der Waals surface area (Å²) in [4.78, 5) is 33.7. The number of hydrogen-bond acceptors (Lipinski definition) is 8. The van der Waals surface area contributed by atoms with Gasteiger partial charge in [-0.3, -0.25) is 9.78 Å². The van der Waals surface area contributed by atoms with Gasteiger partial charge in [-0.25, -0.2) is 0 Å². The fourth-order valence-corrected chi connectivity index (χ4v) is 1.69. The first-order valence-corrected chi connectivity index (χ1v) is 8.18. The summed E-state index contributed by atoms with van der Waals surface area (Å²) in [6, 6.07) is 7.21. The van der Waals surface area contributed by atoms with E-state index in [4.69, 9.17) is 24.3 Å². The van der Waals surface area contributed by atoms with Gasteiger partial charge in [-0.2, -0.15) is 19.7 Å². The molecule has 8 heteroatoms. The summed E-state index contributed by atoms with van der Waals surface area (Å²) in [6.07, 6.45) is 0. The molecule has 1 aromatic carbocycles. The number of methoxy groups -OCH3 is 1. The highest BCUT2D eigenvalue weighted by Gasteiger charge is 2.20. The van der Waals surface area contributed by atoms with Crippen molar-refractivity contribution >= 4 is 0 Å². The zero-order valence-corrected chi connectivity index (χ0v) is 16.2. The molecule has 0 saturated heterocycles. The van der Waals surface area contributed by atoms with Crippen LogP contribution in [-0.4, -0.2) is 33.3 Å². The van der Waals surface area contributed by atoms with E-state index in [0.717, 1.165) is 0 Å². The monoisotopic (exact) mass is 363 g/mol. The summed E-state index contributed by atoms with van der Waals surface area (Å²) >= 11 is 0. The van der Waals surface area contributed by atoms with Crippen LogP contribution in [0.5, 0.6) is 17.8 Å². The average molecular weight is 363 g/mol. The lowest BCUT2D eigenvalue weighted by Crippen LogP contribution is -2.23. The highest BCUT2D eigenvalue weighted by atomic mass is 17.2. The van der Waals surface area contributed by atoms with E-state index < -0.39 is 11.2 Å². The molecule has 142 valence electrons. The molecule has 0 radical (unpaired) electrons. The topological polar surface area (TPSA) is 84.8 Å². The van der Waals surface area contributed by atoms with Crippen LogP contribution in [0, 0.1) is 0 Å². The highest BCUT2D eigenvalue weighted by Crippen LogP contribution is 2.29. The second kappa shape index (κ2) is 7.84. The predicted molar refractivity (Wildman–Crippen MR) is 94.7 cm³/mol. The molecule has 1 heterocycles. The largest absolute Gasteiger partial charge is 0.496 e. The van der Waals surface area contributed by atoms with Crippen molar-refractivity contribution in [3.8, 4) is 29.2 Å². The van der Waals surface area contributed by atoms with Crippen LogP contribution >= 0.6 is 0 Å². The molecule has 0 unspecified atom stereocenters. The zero-order valence-electron chi connectivity index (χ0n) is 16.2. The minimum Gasteiger partial charge on any atom is -0.496 e. The van der Waals surface area contributed by atoms with E-state index in [0.29, 0.717) is 17.1 Å². The van der Waals surface area contributed by atoms with Gasteiger partial charge in [0.1, 0.15) is 17.0 Å². The Morgan fingerprint density at radius 2 is 1.23 bits per heavy atom. The highest BCUT2D eigenvalue weighted by molar-refractivity contribution is 5.64. The van der Waals surface area contributed by atoms with Crippen LogP contribution in [0.1, 0.15) is 41.5 Å². The summed E-state index contributed by atoms with van der Waals surface area (Å²) in [6.45, 7) is 11.1. The quantitative estimate of drug-likeness (QED) is 0.566. The third-order valence-corrected chi connectivity index (χ3v) is 2.67. The van der Waals surface area contributed by atoms with Crippen LogP contribution in [0.15, 0.2) is 24.3 Å². The Kier molecular flexibility index (Phi) is 5.99. The van der Waals surface area contributed by atoms with Crippen molar-refractivity contribution in [1.29, 1.82) is 0 Å². The molecule has 0 amide bonds. The molecule has 0 spiro atoms. The second-order valence-corrected chi connectivity index (χ2v) is 7.48. The Balaban J connectivity index is 2.39. The Morgan fingerprint density at radius 3 is 1.69 bits per heavy atom. The second-order valence-electron chi connectivity index (χ2n) is 7.48. The SMILES string of the molecule is COc1ccccc1-c1nc(OOC(C)(C)C)nc(OOC(C)(C)C)n1. The molecule has 0 aliphatic rings. The molecular weight excluding hydrogens is 338 g/mol. The number of hydrogen-bond donors (Lipinski definition) is 0. The van der Waals surface area contributed by atoms with E-state index in [1.807, 2.05) is 59.7 Å². The molecule has 0 atom stereocenters. The Morgan fingerprint density at radius 1 is 0.731 bits per heavy atom. The van der Waals surface area contributed by atoms with Crippen LogP contribution in [0.25, 0.3) is 11.4 Å². The maximum absolute atomic E-state index is 5.36. The summed E-state index contributed by atoms with van der Waals surface area (Å²) < 4.78 is 5.36. The van der Waals surface area contributed by atoms with E-state index in [1.54, 1.807) is 13.2 Å². The third-order valence-electron chi connectivity index (χ3n) is 2.67. The predicted octanol–water partition coefficient (Wildman–Crippen LogP) is 3.77. The fraction of sp³-hybridized carbons (Fsp3) is 0.500. The first-order valence-electron chi connectivity index (χ1n) is 8.18. The summed E-state index contributed by atoms with van der Waals surface area (Å²) in [5, 5.41) is 0. The van der Waals surface area contributed by atoms with Gasteiger partial charge in [0.05, 0.1) is 12.7 Å². The lowest BCUT2D eigenvalue weighted by Gasteiger charge is -2.18. The third kappa shape index (κ3) is 6.12. The smallest absolute Gasteiger partial charge is 0.360 e. The lowest BCUT2D eigenvalue weighted by molar-refractivity contribution is -0.287. The van der Waals surface area contributed by atoms with Crippen LogP contribution in [0.4, 0.5) is 0 Å². The van der Waals surface area contributed by atoms with Crippen LogP contribution in [0.2, 0.25) is 0 Å². The Hall–Kier alpha value is -2.45. The zero-order chi connectivity index (χ0) is 19.4. The number of nitrogens with zero attached hydrogens (tertiary/aromatic N) is 3. The van der Waals surface area contributed by atoms with Gasteiger partial charge in [-0.1, -0.05) is 12.1 Å². The van der Waals surface area contributed by atoms with Crippen molar-refractivity contribution in [2.45, 2.75) is 52.7 Å². The summed E-state index contributed by atoms with van der Waals surface area (Å²) in [7, 11) is 1.57. The standard InChI is InChI=1S/C18H25N3O5/c1-17(2,3)25-23-15-19-14(12-10-8-9-11-13(12)22-7)20-16(21-15)24-26-18(4,5)6/h8-11H,1-7H3. The minimum atomic E-state index is -0.542. The molecule has 0 N–H and O–H groups in total. The molecule has 2 rings (SSSR count). The molecule has 0 aliphatic heterocycles. The van der Waals surface area contributed by atoms with E-state index in [2.05, 4.69) is 15.0 Å². The molecule has 26 heavy (non-hydrogen) atoms. The van der Waals surface area contributed by atoms with Gasteiger partial charge in [0.2, 0.25) is 0 Å². The van der Waals surface area contributed by atoms with Gasteiger partial charge < -0.3 is 4.74 Å². The van der Waals surface area contributed by atoms with Gasteiger partial charge in [0.15, 0.2) is 5.82 Å². The molecule has 8 nitrogen and oxygen atoms in total. The van der Waals surface area contributed by atoms with E-state index in [-0.39, 0.29) is 12.0 Å². The van der Waals surface area contributed by atoms with Gasteiger partial charge in [0, 0.05) is 0 Å². The van der Waals surface area contributed by atoms with E-state index in [9.17, 15) is 0 Å². The lowest BCUT2D eigenvalue weighted by atomic mass is 10.2. The number of aromatic nitrogens is 3. The number of para-hydroxylation sites is 1. The molecule has 0 aliphatic carbocycles. The summed E-state index contributed by atoms with van der Waals surface area (Å²) in [5.41, 5.74) is -0.432. The van der Waals surface area contributed by atoms with Crippen molar-refractivity contribution in [2.24, 2.45) is 0 Å². The molecular formula is C18H25N3O5. The molecule has 2 aromatic rings. The molecule has 0 bridgehead atoms. The van der Waals surface area contributed by atoms with Gasteiger partial charge in [-0.05, 0) is 53.7 Å². The van der Waals surface area contributed by atoms with Gasteiger partial charge in [-0.15, -0.1) is 4.98 Å². The first kappa shape index (κ1) is 19.9. The first-order chi connectivity index (χ1) is 12.1. The van der Waals surface area contributed by atoms with Crippen molar-refractivity contribution in [2.75, 3.05) is 7.11 Å². The van der Waals surface area contributed by atoms with E-state index in [1.165, 1.54) is 0 Å². The molecule has 1 aromatic heterocycles. The van der Waals surface area contributed by atoms with Crippen LogP contribution < -0.4 is 14.5 Å². The van der Waals surface area contributed by atoms with Crippen LogP contribution in [-0.2, 0) is 9.78 Å². The van der Waals surface area contributed by atoms with Crippen LogP contribution in [0.3, 0.4) is 0 Å². The summed E-state index contributed by atoms with van der Waals surface area (Å²) in [5.74, 6) is 0.904. The van der Waals surface area contributed by atoms with Gasteiger partial charge in [0.25, 0.3) is 0 Å². The van der Waals surface area contributed by atoms with E-state index >= 15 is 0 Å². The van der Waals surface area contributed by atoms with Gasteiger partial charge >= 0.3 is 12.0 Å². The minimum absolute atomic E-state index is 0.0525. The number of benzene rings is 1. The fourth-order valence-electron chi connectivity index (χ4n) is 1.69. The Labute approximate surface area is 153 Å².